The van der Waals surface area contributed by atoms with Gasteiger partial charge in [0.25, 0.3) is 0 Å². The van der Waals surface area contributed by atoms with Crippen LogP contribution in [-0.2, 0) is 14.4 Å². The van der Waals surface area contributed by atoms with E-state index < -0.39 is 12.1 Å². The number of ketones is 1. The summed E-state index contributed by atoms with van der Waals surface area (Å²) < 4.78 is 0. The summed E-state index contributed by atoms with van der Waals surface area (Å²) in [6.07, 6.45) is 3.85. The minimum Gasteiger partial charge on any atom is -0.356 e. The van der Waals surface area contributed by atoms with Gasteiger partial charge in [-0.15, -0.1) is 11.6 Å². The maximum Gasteiger partial charge on any atom is 0.237 e. The number of nitrogens with two attached hydrogens (primary N) is 1. The lowest BCUT2D eigenvalue weighted by Crippen LogP contribution is -2.50. The fourth-order valence-electron chi connectivity index (χ4n) is 2.62. The zero-order valence-corrected chi connectivity index (χ0v) is 12.7. The molecule has 1 aliphatic carbocycles. The third kappa shape index (κ3) is 4.68. The van der Waals surface area contributed by atoms with Crippen molar-refractivity contribution in [3.63, 3.8) is 0 Å². The Balaban J connectivity index is 1.90. The predicted octanol–water partition coefficient (Wildman–Crippen LogP) is -0.0673. The monoisotopic (exact) mass is 315 g/mol. The van der Waals surface area contributed by atoms with E-state index in [1.165, 1.54) is 0 Å². The van der Waals surface area contributed by atoms with Crippen molar-refractivity contribution >= 4 is 29.2 Å². The third-order valence-electron chi connectivity index (χ3n) is 4.14. The third-order valence-corrected chi connectivity index (χ3v) is 4.40. The van der Waals surface area contributed by atoms with Crippen LogP contribution in [0.3, 0.4) is 0 Å². The lowest BCUT2D eigenvalue weighted by molar-refractivity contribution is -0.129. The number of alkyl halides is 1. The van der Waals surface area contributed by atoms with E-state index in [0.717, 1.165) is 12.8 Å². The molecule has 0 radical (unpaired) electrons. The number of carbonyl (C=O) groups is 3. The van der Waals surface area contributed by atoms with Crippen molar-refractivity contribution in [3.05, 3.63) is 0 Å². The second-order valence-corrected chi connectivity index (χ2v) is 6.23. The average Bonchev–Trinajstić information content (AvgIpc) is 3.19. The lowest BCUT2D eigenvalue weighted by atomic mass is 9.96. The van der Waals surface area contributed by atoms with Crippen LogP contribution in [0.2, 0.25) is 0 Å². The fourth-order valence-corrected chi connectivity index (χ4v) is 2.80. The zero-order chi connectivity index (χ0) is 15.4. The standard InChI is InChI=1S/C14H22ClN3O3/c15-7-12(19)11(6-9-3-4-17-13(9)20)18-14(21)10(16)5-8-1-2-8/h8-11H,1-7,16H2,(H,17,20)(H,18,21)/t9-,10?,11?/m0/s1. The maximum atomic E-state index is 12.1. The van der Waals surface area contributed by atoms with Crippen LogP contribution in [-0.4, -0.2) is 42.1 Å². The van der Waals surface area contributed by atoms with E-state index in [-0.39, 0.29) is 29.4 Å². The van der Waals surface area contributed by atoms with Gasteiger partial charge >= 0.3 is 0 Å². The topological polar surface area (TPSA) is 101 Å². The second-order valence-electron chi connectivity index (χ2n) is 5.96. The van der Waals surface area contributed by atoms with E-state index in [4.69, 9.17) is 17.3 Å². The molecule has 1 aliphatic heterocycles. The molecular formula is C14H22ClN3O3. The van der Waals surface area contributed by atoms with Gasteiger partial charge < -0.3 is 16.4 Å². The highest BCUT2D eigenvalue weighted by Crippen LogP contribution is 2.33. The van der Waals surface area contributed by atoms with Gasteiger partial charge in [-0.1, -0.05) is 12.8 Å². The van der Waals surface area contributed by atoms with Crippen LogP contribution < -0.4 is 16.4 Å². The van der Waals surface area contributed by atoms with Crippen LogP contribution in [0.5, 0.6) is 0 Å². The number of nitrogens with one attached hydrogen (secondary N) is 2. The van der Waals surface area contributed by atoms with E-state index in [1.54, 1.807) is 0 Å². The Hall–Kier alpha value is -1.14. The molecule has 0 spiro atoms. The summed E-state index contributed by atoms with van der Waals surface area (Å²) in [7, 11) is 0. The molecule has 118 valence electrons. The van der Waals surface area contributed by atoms with Crippen molar-refractivity contribution in [2.24, 2.45) is 17.6 Å². The van der Waals surface area contributed by atoms with Gasteiger partial charge in [0.05, 0.1) is 18.0 Å². The Kier molecular flexibility index (Phi) is 5.58. The van der Waals surface area contributed by atoms with Crippen LogP contribution in [0.1, 0.15) is 32.1 Å². The fraction of sp³-hybridized carbons (Fsp3) is 0.786. The number of carbonyl (C=O) groups excluding carboxylic acids is 3. The predicted molar refractivity (Wildman–Crippen MR) is 78.7 cm³/mol. The molecule has 1 saturated carbocycles. The van der Waals surface area contributed by atoms with Gasteiger partial charge in [0, 0.05) is 12.5 Å². The first-order valence-electron chi connectivity index (χ1n) is 7.43. The zero-order valence-electron chi connectivity index (χ0n) is 11.9. The number of amides is 2. The highest BCUT2D eigenvalue weighted by atomic mass is 35.5. The molecule has 7 heteroatoms. The summed E-state index contributed by atoms with van der Waals surface area (Å²) in [5, 5.41) is 5.39. The largest absolute Gasteiger partial charge is 0.356 e. The molecule has 2 rings (SSSR count). The van der Waals surface area contributed by atoms with Gasteiger partial charge in [0.15, 0.2) is 5.78 Å². The van der Waals surface area contributed by atoms with Crippen LogP contribution in [0, 0.1) is 11.8 Å². The molecule has 0 aromatic carbocycles. The number of Topliss-reactive ketones (excluding diaryl/α,β-unsaturated/α-hetero) is 1. The molecule has 4 N–H and O–H groups in total. The van der Waals surface area contributed by atoms with Crippen molar-refractivity contribution in [1.29, 1.82) is 0 Å². The smallest absolute Gasteiger partial charge is 0.237 e. The Morgan fingerprint density at radius 2 is 2.05 bits per heavy atom. The van der Waals surface area contributed by atoms with Crippen molar-refractivity contribution in [2.75, 3.05) is 12.4 Å². The van der Waals surface area contributed by atoms with Crippen molar-refractivity contribution < 1.29 is 14.4 Å². The van der Waals surface area contributed by atoms with Gasteiger partial charge in [-0.3, -0.25) is 14.4 Å². The van der Waals surface area contributed by atoms with Crippen LogP contribution in [0.4, 0.5) is 0 Å². The Morgan fingerprint density at radius 3 is 2.57 bits per heavy atom. The number of hydrogen-bond acceptors (Lipinski definition) is 4. The molecule has 0 aromatic rings. The van der Waals surface area contributed by atoms with E-state index in [2.05, 4.69) is 10.6 Å². The van der Waals surface area contributed by atoms with Crippen LogP contribution in [0.15, 0.2) is 0 Å². The molecule has 6 nitrogen and oxygen atoms in total. The van der Waals surface area contributed by atoms with Crippen molar-refractivity contribution in [3.8, 4) is 0 Å². The summed E-state index contributed by atoms with van der Waals surface area (Å²) in [6.45, 7) is 0.612. The quantitative estimate of drug-likeness (QED) is 0.546. The molecule has 1 heterocycles. The van der Waals surface area contributed by atoms with Crippen molar-refractivity contribution in [1.82, 2.24) is 10.6 Å². The minimum absolute atomic E-state index is 0.0705. The summed E-state index contributed by atoms with van der Waals surface area (Å²) in [6, 6.07) is -1.32. The van der Waals surface area contributed by atoms with Gasteiger partial charge in [-0.05, 0) is 25.2 Å². The summed E-state index contributed by atoms with van der Waals surface area (Å²) in [5.74, 6) is -0.571. The maximum absolute atomic E-state index is 12.1. The van der Waals surface area contributed by atoms with E-state index >= 15 is 0 Å². The lowest BCUT2D eigenvalue weighted by Gasteiger charge is -2.21. The molecular weight excluding hydrogens is 294 g/mol. The summed E-state index contributed by atoms with van der Waals surface area (Å²) >= 11 is 5.59. The Morgan fingerprint density at radius 1 is 1.33 bits per heavy atom. The van der Waals surface area contributed by atoms with Gasteiger partial charge in [0.2, 0.25) is 11.8 Å². The Bertz CT molecular complexity index is 426. The molecule has 2 unspecified atom stereocenters. The van der Waals surface area contributed by atoms with Crippen molar-refractivity contribution in [2.45, 2.75) is 44.2 Å². The SMILES string of the molecule is NC(CC1CC1)C(=O)NC(C[C@@H]1CCNC1=O)C(=O)CCl. The first-order chi connectivity index (χ1) is 10.0. The first-order valence-corrected chi connectivity index (χ1v) is 7.97. The highest BCUT2D eigenvalue weighted by Gasteiger charge is 2.33. The average molecular weight is 316 g/mol. The second kappa shape index (κ2) is 7.22. The summed E-state index contributed by atoms with van der Waals surface area (Å²) in [4.78, 5) is 35.5. The molecule has 2 fully saturated rings. The molecule has 2 amide bonds. The number of halogens is 1. The molecule has 2 aliphatic rings. The molecule has 3 atom stereocenters. The molecule has 21 heavy (non-hydrogen) atoms. The highest BCUT2D eigenvalue weighted by molar-refractivity contribution is 6.28. The van der Waals surface area contributed by atoms with E-state index in [0.29, 0.717) is 31.7 Å². The number of hydrogen-bond donors (Lipinski definition) is 3. The van der Waals surface area contributed by atoms with E-state index in [1.807, 2.05) is 0 Å². The van der Waals surface area contributed by atoms with Crippen LogP contribution in [0.25, 0.3) is 0 Å². The molecule has 0 bridgehead atoms. The minimum atomic E-state index is -0.728. The molecule has 0 aromatic heterocycles. The van der Waals surface area contributed by atoms with Gasteiger partial charge in [-0.25, -0.2) is 0 Å². The summed E-state index contributed by atoms with van der Waals surface area (Å²) in [5.41, 5.74) is 5.85. The van der Waals surface area contributed by atoms with E-state index in [9.17, 15) is 14.4 Å². The first kappa shape index (κ1) is 16.2. The normalized spacial score (nSPS) is 24.3. The van der Waals surface area contributed by atoms with Gasteiger partial charge in [-0.2, -0.15) is 0 Å². The molecule has 1 saturated heterocycles. The van der Waals surface area contributed by atoms with Gasteiger partial charge in [0.1, 0.15) is 0 Å². The van der Waals surface area contributed by atoms with Crippen LogP contribution >= 0.6 is 11.6 Å². The number of rotatable bonds is 8. The Labute approximate surface area is 129 Å².